The van der Waals surface area contributed by atoms with Crippen molar-refractivity contribution in [2.24, 2.45) is 0 Å². The molecule has 3 rings (SSSR count). The second kappa shape index (κ2) is 17.5. The van der Waals surface area contributed by atoms with E-state index in [-0.39, 0.29) is 25.0 Å². The number of ether oxygens (including phenoxy) is 1. The summed E-state index contributed by atoms with van der Waals surface area (Å²) < 4.78 is 4.85. The molecule has 12 heteroatoms. The number of para-hydroxylation sites is 2. The molecule has 0 saturated carbocycles. The number of nitrogens with zero attached hydrogens (tertiary/aromatic N) is 2. The minimum Gasteiger partial charge on any atom is -0.478 e. The van der Waals surface area contributed by atoms with Crippen LogP contribution in [0, 0.1) is 0 Å². The van der Waals surface area contributed by atoms with E-state index in [9.17, 15) is 24.3 Å². The average Bonchev–Trinajstić information content (AvgIpc) is 3.03. The number of unbranched alkanes of at least 4 members (excludes halogenated alkanes) is 1. The number of anilines is 3. The van der Waals surface area contributed by atoms with E-state index in [0.717, 1.165) is 36.4 Å². The Hall–Kier alpha value is -4.19. The number of halogens is 1. The summed E-state index contributed by atoms with van der Waals surface area (Å²) in [6.07, 6.45) is 6.09. The summed E-state index contributed by atoms with van der Waals surface area (Å²) in [5.41, 5.74) is 3.01. The van der Waals surface area contributed by atoms with Gasteiger partial charge in [-0.25, -0.2) is 14.4 Å². The van der Waals surface area contributed by atoms with Crippen LogP contribution in [0.3, 0.4) is 0 Å². The lowest BCUT2D eigenvalue weighted by molar-refractivity contribution is -0.137. The number of carboxylic acid groups (broad SMARTS) is 2. The second-order valence-corrected chi connectivity index (χ2v) is 8.99. The molecule has 0 bridgehead atoms. The zero-order valence-corrected chi connectivity index (χ0v) is 23.4. The van der Waals surface area contributed by atoms with E-state index in [1.165, 1.54) is 6.08 Å². The van der Waals surface area contributed by atoms with Crippen LogP contribution in [0.15, 0.2) is 66.8 Å². The molecule has 1 aliphatic rings. The quantitative estimate of drug-likeness (QED) is 0.155. The molecule has 0 fully saturated rings. The van der Waals surface area contributed by atoms with Crippen LogP contribution in [0.4, 0.5) is 17.1 Å². The first kappa shape index (κ1) is 33.0. The van der Waals surface area contributed by atoms with E-state index in [2.05, 4.69) is 10.2 Å². The molecule has 0 atom stereocenters. The fourth-order valence-electron chi connectivity index (χ4n) is 3.97. The molecule has 0 unspecified atom stereocenters. The van der Waals surface area contributed by atoms with Crippen molar-refractivity contribution < 1.29 is 39.2 Å². The fraction of sp³-hybridized carbons (Fsp3) is 0.310. The molecule has 41 heavy (non-hydrogen) atoms. The van der Waals surface area contributed by atoms with Crippen molar-refractivity contribution in [1.29, 1.82) is 0 Å². The van der Waals surface area contributed by atoms with Crippen molar-refractivity contribution in [2.75, 3.05) is 49.2 Å². The Morgan fingerprint density at radius 3 is 2.20 bits per heavy atom. The predicted octanol–water partition coefficient (Wildman–Crippen LogP) is 3.63. The van der Waals surface area contributed by atoms with Crippen LogP contribution < -0.4 is 15.1 Å². The van der Waals surface area contributed by atoms with Gasteiger partial charge in [0, 0.05) is 42.9 Å². The number of aliphatic hydroxyl groups is 1. The lowest BCUT2D eigenvalue weighted by Crippen LogP contribution is -2.32. The molecule has 220 valence electrons. The smallest absolute Gasteiger partial charge is 0.330 e. The van der Waals surface area contributed by atoms with E-state index < -0.39 is 11.9 Å². The lowest BCUT2D eigenvalue weighted by atomic mass is 10.1. The topological polar surface area (TPSA) is 157 Å². The highest BCUT2D eigenvalue weighted by Gasteiger charge is 2.30. The molecule has 0 saturated heterocycles. The van der Waals surface area contributed by atoms with E-state index in [0.29, 0.717) is 42.4 Å². The molecule has 0 aromatic heterocycles. The van der Waals surface area contributed by atoms with Crippen LogP contribution in [0.25, 0.3) is 0 Å². The number of hydrogen-bond acceptors (Lipinski definition) is 8. The van der Waals surface area contributed by atoms with Crippen LogP contribution in [0.2, 0.25) is 5.02 Å². The standard InChI is InChI=1S/C25H30ClN3O4.C4H4O4/c1-2-33-24(31)10-7-14-27-13-5-6-15-28-21-8-3-4-9-22(21)29(16-17-30)25(32)20-12-11-19(26)18-23(20)28;5-3(6)1-2-4(7)8/h3-4,7-12,18,27,30H,2,5-6,13-17H2,1H3;1-2H,(H,5,6)(H,7,8)/b10-7+;2-1-. The molecule has 0 aliphatic carbocycles. The first-order valence-electron chi connectivity index (χ1n) is 13.0. The Balaban J connectivity index is 0.000000642. The summed E-state index contributed by atoms with van der Waals surface area (Å²) in [7, 11) is 0. The number of esters is 1. The van der Waals surface area contributed by atoms with Crippen molar-refractivity contribution >= 4 is 52.5 Å². The lowest BCUT2D eigenvalue weighted by Gasteiger charge is -2.27. The summed E-state index contributed by atoms with van der Waals surface area (Å²) in [5, 5.41) is 29.0. The third-order valence-electron chi connectivity index (χ3n) is 5.67. The summed E-state index contributed by atoms with van der Waals surface area (Å²) in [6, 6.07) is 13.0. The highest BCUT2D eigenvalue weighted by Crippen LogP contribution is 2.41. The van der Waals surface area contributed by atoms with Gasteiger partial charge in [0.2, 0.25) is 0 Å². The number of fused-ring (bicyclic) bond motifs is 2. The molecule has 11 nitrogen and oxygen atoms in total. The monoisotopic (exact) mass is 587 g/mol. The third-order valence-corrected chi connectivity index (χ3v) is 5.90. The molecule has 4 N–H and O–H groups in total. The first-order valence-corrected chi connectivity index (χ1v) is 13.3. The number of nitrogens with one attached hydrogen (secondary N) is 1. The number of benzene rings is 2. The maximum Gasteiger partial charge on any atom is 0.330 e. The van der Waals surface area contributed by atoms with Gasteiger partial charge in [-0.15, -0.1) is 0 Å². The number of aliphatic hydroxyl groups excluding tert-OH is 1. The van der Waals surface area contributed by atoms with Crippen LogP contribution in [-0.2, 0) is 19.1 Å². The van der Waals surface area contributed by atoms with Gasteiger partial charge in [-0.1, -0.05) is 29.8 Å². The van der Waals surface area contributed by atoms with Crippen LogP contribution in [0.1, 0.15) is 30.1 Å². The number of β-amino-alcohol motifs (C(OH)–C–C–N with tert-alkyl or cyclic N) is 1. The Morgan fingerprint density at radius 1 is 0.927 bits per heavy atom. The molecule has 1 heterocycles. The third kappa shape index (κ3) is 10.7. The van der Waals surface area contributed by atoms with Gasteiger partial charge in [-0.05, 0) is 56.6 Å². The molecule has 0 radical (unpaired) electrons. The Morgan fingerprint density at radius 2 is 1.59 bits per heavy atom. The number of aliphatic carboxylic acids is 2. The zero-order chi connectivity index (χ0) is 30.2. The summed E-state index contributed by atoms with van der Waals surface area (Å²) in [4.78, 5) is 47.5. The highest BCUT2D eigenvalue weighted by molar-refractivity contribution is 6.31. The van der Waals surface area contributed by atoms with Gasteiger partial charge in [0.05, 0.1) is 35.8 Å². The highest BCUT2D eigenvalue weighted by atomic mass is 35.5. The number of carboxylic acids is 2. The van der Waals surface area contributed by atoms with Crippen molar-refractivity contribution in [3.05, 3.63) is 77.4 Å². The van der Waals surface area contributed by atoms with Gasteiger partial charge in [-0.3, -0.25) is 4.79 Å². The molecule has 1 aliphatic heterocycles. The number of rotatable bonds is 13. The predicted molar refractivity (Wildman–Crippen MR) is 156 cm³/mol. The molecule has 2 aromatic rings. The molecule has 1 amide bonds. The Kier molecular flexibility index (Phi) is 14.1. The first-order chi connectivity index (χ1) is 19.7. The van der Waals surface area contributed by atoms with E-state index in [1.807, 2.05) is 30.3 Å². The van der Waals surface area contributed by atoms with Gasteiger partial charge in [-0.2, -0.15) is 0 Å². The van der Waals surface area contributed by atoms with Crippen LogP contribution in [0.5, 0.6) is 0 Å². The number of amides is 1. The zero-order valence-electron chi connectivity index (χ0n) is 22.7. The summed E-state index contributed by atoms with van der Waals surface area (Å²) in [5.74, 6) is -3.00. The SMILES string of the molecule is CCOC(=O)/C=C/CNCCCCN1c2cc(Cl)ccc2C(=O)N(CCO)c2ccccc21.O=C(O)/C=C\C(=O)O. The number of hydrogen-bond donors (Lipinski definition) is 4. The minimum atomic E-state index is -1.26. The largest absolute Gasteiger partial charge is 0.478 e. The van der Waals surface area contributed by atoms with E-state index in [1.54, 1.807) is 30.0 Å². The van der Waals surface area contributed by atoms with Gasteiger partial charge in [0.1, 0.15) is 0 Å². The van der Waals surface area contributed by atoms with E-state index >= 15 is 0 Å². The second-order valence-electron chi connectivity index (χ2n) is 8.56. The normalized spacial score (nSPS) is 12.4. The average molecular weight is 588 g/mol. The van der Waals surface area contributed by atoms with Crippen LogP contribution >= 0.6 is 11.6 Å². The fourth-order valence-corrected chi connectivity index (χ4v) is 4.14. The molecular formula is C29H34ClN3O8. The Bertz CT molecular complexity index is 1250. The van der Waals surface area contributed by atoms with Crippen molar-refractivity contribution in [3.8, 4) is 0 Å². The molecule has 0 spiro atoms. The van der Waals surface area contributed by atoms with Crippen molar-refractivity contribution in [2.45, 2.75) is 19.8 Å². The maximum absolute atomic E-state index is 13.3. The summed E-state index contributed by atoms with van der Waals surface area (Å²) >= 11 is 6.30. The van der Waals surface area contributed by atoms with E-state index in [4.69, 9.17) is 26.6 Å². The van der Waals surface area contributed by atoms with Crippen molar-refractivity contribution in [3.63, 3.8) is 0 Å². The van der Waals surface area contributed by atoms with Gasteiger partial charge in [0.15, 0.2) is 0 Å². The van der Waals surface area contributed by atoms with Gasteiger partial charge >= 0.3 is 17.9 Å². The molecular weight excluding hydrogens is 554 g/mol. The number of carbonyl (C=O) groups is 4. The van der Waals surface area contributed by atoms with Gasteiger partial charge in [0.25, 0.3) is 5.91 Å². The van der Waals surface area contributed by atoms with Crippen molar-refractivity contribution in [1.82, 2.24) is 5.32 Å². The minimum absolute atomic E-state index is 0.126. The summed E-state index contributed by atoms with van der Waals surface area (Å²) in [6.45, 7) is 4.32. The van der Waals surface area contributed by atoms with Crippen LogP contribution in [-0.4, -0.2) is 78.5 Å². The maximum atomic E-state index is 13.3. The van der Waals surface area contributed by atoms with Gasteiger partial charge < -0.3 is 35.2 Å². The number of carbonyl (C=O) groups excluding carboxylic acids is 2. The Labute approximate surface area is 243 Å². The molecule has 2 aromatic carbocycles.